The van der Waals surface area contributed by atoms with Gasteiger partial charge in [-0.15, -0.1) is 0 Å². The third kappa shape index (κ3) is 1.65. The van der Waals surface area contributed by atoms with Crippen LogP contribution in [0.4, 0.5) is 0 Å². The van der Waals surface area contributed by atoms with Gasteiger partial charge in [0, 0.05) is 11.2 Å². The van der Waals surface area contributed by atoms with E-state index in [2.05, 4.69) is 20.8 Å². The third-order valence-corrected chi connectivity index (χ3v) is 7.40. The zero-order chi connectivity index (χ0) is 13.0. The summed E-state index contributed by atoms with van der Waals surface area (Å²) in [6.45, 7) is 7.06. The molecule has 0 aromatic rings. The van der Waals surface area contributed by atoms with E-state index in [1.807, 2.05) is 11.8 Å². The molecule has 0 N–H and O–H groups in total. The van der Waals surface area contributed by atoms with E-state index in [0.29, 0.717) is 5.41 Å². The first kappa shape index (κ1) is 12.8. The van der Waals surface area contributed by atoms with E-state index in [-0.39, 0.29) is 23.4 Å². The van der Waals surface area contributed by atoms with Crippen LogP contribution in [0.5, 0.6) is 0 Å². The Labute approximate surface area is 114 Å². The van der Waals surface area contributed by atoms with Crippen LogP contribution in [-0.4, -0.2) is 23.6 Å². The Hall–Kier alpha value is -0.180. The Balaban J connectivity index is 1.70. The van der Waals surface area contributed by atoms with Gasteiger partial charge >= 0.3 is 5.97 Å². The fourth-order valence-electron chi connectivity index (χ4n) is 4.27. The van der Waals surface area contributed by atoms with Crippen molar-refractivity contribution in [1.29, 1.82) is 0 Å². The predicted octanol–water partition coefficient (Wildman–Crippen LogP) is 3.50. The number of hydrogen-bond donors (Lipinski definition) is 0. The quantitative estimate of drug-likeness (QED) is 0.717. The Kier molecular flexibility index (Phi) is 2.96. The van der Waals surface area contributed by atoms with Gasteiger partial charge in [0.2, 0.25) is 0 Å². The first-order valence-electron chi connectivity index (χ1n) is 7.23. The number of esters is 1. The minimum absolute atomic E-state index is 0.0783. The van der Waals surface area contributed by atoms with E-state index in [1.165, 1.54) is 12.8 Å². The molecule has 1 heterocycles. The minimum Gasteiger partial charge on any atom is -0.462 e. The number of carbonyl (C=O) groups is 1. The molecule has 0 aromatic heterocycles. The van der Waals surface area contributed by atoms with E-state index in [0.717, 1.165) is 30.3 Å². The van der Waals surface area contributed by atoms with Gasteiger partial charge in [0.15, 0.2) is 0 Å². The standard InChI is InChI=1S/C15H24O2S/c1-14(2)11-4-6-15(14,3)12(8-11)17-13(16)10-5-7-18-9-10/h10-12H,4-9H2,1-3H3. The summed E-state index contributed by atoms with van der Waals surface area (Å²) in [5.41, 5.74) is 0.543. The van der Waals surface area contributed by atoms with Crippen LogP contribution in [0, 0.1) is 22.7 Å². The Morgan fingerprint density at radius 2 is 2.06 bits per heavy atom. The summed E-state index contributed by atoms with van der Waals surface area (Å²) in [4.78, 5) is 12.2. The average Bonchev–Trinajstić information content (AvgIpc) is 2.95. The van der Waals surface area contributed by atoms with Crippen LogP contribution < -0.4 is 0 Å². The summed E-state index contributed by atoms with van der Waals surface area (Å²) >= 11 is 1.88. The fraction of sp³-hybridized carbons (Fsp3) is 0.933. The molecule has 1 saturated heterocycles. The zero-order valence-corrected chi connectivity index (χ0v) is 12.5. The van der Waals surface area contributed by atoms with Crippen molar-refractivity contribution in [3.05, 3.63) is 0 Å². The van der Waals surface area contributed by atoms with Crippen LogP contribution in [0.3, 0.4) is 0 Å². The van der Waals surface area contributed by atoms with Crippen molar-refractivity contribution in [3.63, 3.8) is 0 Å². The summed E-state index contributed by atoms with van der Waals surface area (Å²) < 4.78 is 5.92. The highest BCUT2D eigenvalue weighted by Crippen LogP contribution is 2.66. The maximum atomic E-state index is 12.2. The number of fused-ring (bicyclic) bond motifs is 2. The first-order valence-corrected chi connectivity index (χ1v) is 8.39. The summed E-state index contributed by atoms with van der Waals surface area (Å²) in [6, 6.07) is 0. The zero-order valence-electron chi connectivity index (χ0n) is 11.7. The van der Waals surface area contributed by atoms with Crippen molar-refractivity contribution in [1.82, 2.24) is 0 Å². The smallest absolute Gasteiger partial charge is 0.310 e. The van der Waals surface area contributed by atoms with Crippen LogP contribution in [0.1, 0.15) is 46.5 Å². The van der Waals surface area contributed by atoms with Crippen molar-refractivity contribution in [2.24, 2.45) is 22.7 Å². The highest BCUT2D eigenvalue weighted by atomic mass is 32.2. The molecule has 3 heteroatoms. The van der Waals surface area contributed by atoms with Crippen molar-refractivity contribution in [2.75, 3.05) is 11.5 Å². The molecule has 3 rings (SSSR count). The van der Waals surface area contributed by atoms with Crippen molar-refractivity contribution < 1.29 is 9.53 Å². The Morgan fingerprint density at radius 3 is 2.56 bits per heavy atom. The van der Waals surface area contributed by atoms with E-state index in [9.17, 15) is 4.79 Å². The highest BCUT2D eigenvalue weighted by molar-refractivity contribution is 7.99. The van der Waals surface area contributed by atoms with Gasteiger partial charge in [-0.25, -0.2) is 0 Å². The molecule has 0 radical (unpaired) electrons. The maximum Gasteiger partial charge on any atom is 0.310 e. The molecule has 3 aliphatic rings. The molecular formula is C15H24O2S. The van der Waals surface area contributed by atoms with Gasteiger partial charge in [-0.1, -0.05) is 20.8 Å². The molecule has 18 heavy (non-hydrogen) atoms. The SMILES string of the molecule is CC1(C)C2CCC1(C)C(OC(=O)C1CCSC1)C2. The van der Waals surface area contributed by atoms with E-state index >= 15 is 0 Å². The Bertz CT molecular complexity index is 360. The van der Waals surface area contributed by atoms with E-state index < -0.39 is 0 Å². The van der Waals surface area contributed by atoms with Crippen LogP contribution in [-0.2, 0) is 9.53 Å². The molecule has 2 nitrogen and oxygen atoms in total. The van der Waals surface area contributed by atoms with Crippen LogP contribution in [0.2, 0.25) is 0 Å². The van der Waals surface area contributed by atoms with Gasteiger partial charge < -0.3 is 4.74 Å². The lowest BCUT2D eigenvalue weighted by Gasteiger charge is -2.38. The number of thioether (sulfide) groups is 1. The van der Waals surface area contributed by atoms with E-state index in [4.69, 9.17) is 4.74 Å². The summed E-state index contributed by atoms with van der Waals surface area (Å²) in [5, 5.41) is 0. The molecule has 1 aliphatic heterocycles. The molecule has 2 saturated carbocycles. The molecule has 4 unspecified atom stereocenters. The normalized spacial score (nSPS) is 45.4. The van der Waals surface area contributed by atoms with Crippen molar-refractivity contribution >= 4 is 17.7 Å². The second kappa shape index (κ2) is 4.16. The topological polar surface area (TPSA) is 26.3 Å². The molecule has 4 atom stereocenters. The molecule has 102 valence electrons. The molecule has 0 amide bonds. The lowest BCUT2D eigenvalue weighted by molar-refractivity contribution is -0.161. The van der Waals surface area contributed by atoms with Crippen molar-refractivity contribution in [3.8, 4) is 0 Å². The second-order valence-corrected chi connectivity index (χ2v) is 8.25. The first-order chi connectivity index (χ1) is 8.45. The van der Waals surface area contributed by atoms with Crippen LogP contribution in [0.25, 0.3) is 0 Å². The number of rotatable bonds is 2. The number of carbonyl (C=O) groups excluding carboxylic acids is 1. The second-order valence-electron chi connectivity index (χ2n) is 7.10. The molecular weight excluding hydrogens is 244 g/mol. The summed E-state index contributed by atoms with van der Waals surface area (Å²) in [7, 11) is 0. The lowest BCUT2D eigenvalue weighted by Crippen LogP contribution is -2.39. The maximum absolute atomic E-state index is 12.2. The van der Waals surface area contributed by atoms with Gasteiger partial charge in [0.25, 0.3) is 0 Å². The monoisotopic (exact) mass is 268 g/mol. The van der Waals surface area contributed by atoms with Gasteiger partial charge in [-0.2, -0.15) is 11.8 Å². The van der Waals surface area contributed by atoms with Gasteiger partial charge in [0.1, 0.15) is 6.10 Å². The summed E-state index contributed by atoms with van der Waals surface area (Å²) in [5.74, 6) is 3.08. The largest absolute Gasteiger partial charge is 0.462 e. The predicted molar refractivity (Wildman–Crippen MR) is 74.5 cm³/mol. The minimum atomic E-state index is 0.0783. The van der Waals surface area contributed by atoms with E-state index in [1.54, 1.807) is 0 Å². The molecule has 0 spiro atoms. The molecule has 2 bridgehead atoms. The lowest BCUT2D eigenvalue weighted by atomic mass is 9.70. The van der Waals surface area contributed by atoms with Gasteiger partial charge in [-0.05, 0) is 42.8 Å². The number of hydrogen-bond acceptors (Lipinski definition) is 3. The molecule has 3 fully saturated rings. The summed E-state index contributed by atoms with van der Waals surface area (Å²) in [6.07, 6.45) is 4.82. The third-order valence-electron chi connectivity index (χ3n) is 6.24. The highest BCUT2D eigenvalue weighted by Gasteiger charge is 2.63. The fourth-order valence-corrected chi connectivity index (χ4v) is 5.47. The van der Waals surface area contributed by atoms with Crippen LogP contribution in [0.15, 0.2) is 0 Å². The molecule has 2 aliphatic carbocycles. The molecule has 0 aromatic carbocycles. The van der Waals surface area contributed by atoms with Gasteiger partial charge in [-0.3, -0.25) is 4.79 Å². The Morgan fingerprint density at radius 1 is 1.28 bits per heavy atom. The number of ether oxygens (including phenoxy) is 1. The average molecular weight is 268 g/mol. The van der Waals surface area contributed by atoms with Crippen LogP contribution >= 0.6 is 11.8 Å². The van der Waals surface area contributed by atoms with Crippen molar-refractivity contribution in [2.45, 2.75) is 52.6 Å². The van der Waals surface area contributed by atoms with Gasteiger partial charge in [0.05, 0.1) is 5.92 Å².